The highest BCUT2D eigenvalue weighted by Crippen LogP contribution is 2.24. The highest BCUT2D eigenvalue weighted by Gasteiger charge is 2.29. The van der Waals surface area contributed by atoms with E-state index >= 15 is 0 Å². The highest BCUT2D eigenvalue weighted by atomic mass is 32.2. The zero-order valence-electron chi connectivity index (χ0n) is 11.8. The zero-order valence-corrected chi connectivity index (χ0v) is 12.6. The smallest absolute Gasteiger partial charge is 0.258 e. The Morgan fingerprint density at radius 3 is 3.05 bits per heavy atom. The van der Waals surface area contributed by atoms with Gasteiger partial charge in [-0.05, 0) is 25.3 Å². The Morgan fingerprint density at radius 2 is 2.33 bits per heavy atom. The third-order valence-electron chi connectivity index (χ3n) is 3.77. The van der Waals surface area contributed by atoms with E-state index in [4.69, 9.17) is 10.3 Å². The van der Waals surface area contributed by atoms with E-state index in [2.05, 4.69) is 10.1 Å². The number of nitrogens with two attached hydrogens (primary N) is 1. The topological polar surface area (TPSA) is 102 Å². The third kappa shape index (κ3) is 2.54. The van der Waals surface area contributed by atoms with Crippen molar-refractivity contribution in [2.24, 2.45) is 5.73 Å². The standard InChI is InChI=1S/C13H18N4O3S/c1-2-12-11-6-10(7-15-13(11)20-16-12)21(18,19)17-5-3-4-9(14)8-17/h6-7,9H,2-5,8,14H2,1H3. The van der Waals surface area contributed by atoms with Gasteiger partial charge in [-0.25, -0.2) is 13.4 Å². The van der Waals surface area contributed by atoms with Crippen LogP contribution in [0.2, 0.25) is 0 Å². The van der Waals surface area contributed by atoms with Gasteiger partial charge in [-0.3, -0.25) is 0 Å². The summed E-state index contributed by atoms with van der Waals surface area (Å²) in [6.07, 6.45) is 3.62. The molecule has 0 amide bonds. The first-order valence-corrected chi connectivity index (χ1v) is 8.46. The number of hydrogen-bond acceptors (Lipinski definition) is 6. The monoisotopic (exact) mass is 310 g/mol. The van der Waals surface area contributed by atoms with E-state index in [1.165, 1.54) is 10.5 Å². The van der Waals surface area contributed by atoms with Crippen LogP contribution < -0.4 is 5.73 Å². The molecule has 21 heavy (non-hydrogen) atoms. The highest BCUT2D eigenvalue weighted by molar-refractivity contribution is 7.89. The van der Waals surface area contributed by atoms with Gasteiger partial charge in [0.15, 0.2) is 0 Å². The van der Waals surface area contributed by atoms with Crippen LogP contribution in [0.15, 0.2) is 21.7 Å². The molecule has 1 saturated heterocycles. The number of aromatic nitrogens is 2. The van der Waals surface area contributed by atoms with Crippen LogP contribution in [0.4, 0.5) is 0 Å². The Hall–Kier alpha value is -1.51. The number of fused-ring (bicyclic) bond motifs is 1. The molecule has 0 aliphatic carbocycles. The van der Waals surface area contributed by atoms with Gasteiger partial charge in [0.05, 0.1) is 17.3 Å². The van der Waals surface area contributed by atoms with E-state index in [9.17, 15) is 8.42 Å². The van der Waals surface area contributed by atoms with E-state index in [1.807, 2.05) is 6.92 Å². The summed E-state index contributed by atoms with van der Waals surface area (Å²) in [5.74, 6) is 0. The number of rotatable bonds is 3. The molecule has 1 atom stereocenters. The lowest BCUT2D eigenvalue weighted by Gasteiger charge is -2.29. The molecule has 8 heteroatoms. The van der Waals surface area contributed by atoms with Gasteiger partial charge in [-0.15, -0.1) is 0 Å². The van der Waals surface area contributed by atoms with Crippen LogP contribution in [0.3, 0.4) is 0 Å². The molecule has 0 saturated carbocycles. The van der Waals surface area contributed by atoms with Gasteiger partial charge in [0.1, 0.15) is 4.90 Å². The average molecular weight is 310 g/mol. The summed E-state index contributed by atoms with van der Waals surface area (Å²) in [6.45, 7) is 2.78. The summed E-state index contributed by atoms with van der Waals surface area (Å²) in [5.41, 5.74) is 6.95. The van der Waals surface area contributed by atoms with Gasteiger partial charge in [-0.2, -0.15) is 4.31 Å². The maximum atomic E-state index is 12.7. The molecular weight excluding hydrogens is 292 g/mol. The van der Waals surface area contributed by atoms with Gasteiger partial charge in [0.2, 0.25) is 10.0 Å². The molecule has 1 aliphatic heterocycles. The zero-order chi connectivity index (χ0) is 15.0. The van der Waals surface area contributed by atoms with E-state index in [0.29, 0.717) is 36.3 Å². The minimum absolute atomic E-state index is 0.105. The normalized spacial score (nSPS) is 21.0. The number of piperidine rings is 1. The lowest BCUT2D eigenvalue weighted by molar-refractivity contribution is 0.316. The summed E-state index contributed by atoms with van der Waals surface area (Å²) in [5, 5.41) is 4.55. The van der Waals surface area contributed by atoms with Crippen molar-refractivity contribution < 1.29 is 12.9 Å². The summed E-state index contributed by atoms with van der Waals surface area (Å²) in [7, 11) is -3.57. The minimum atomic E-state index is -3.57. The van der Waals surface area contributed by atoms with Crippen molar-refractivity contribution in [1.82, 2.24) is 14.4 Å². The Bertz CT molecular complexity index is 756. The van der Waals surface area contributed by atoms with Crippen LogP contribution in [0.5, 0.6) is 0 Å². The molecule has 0 spiro atoms. The molecule has 114 valence electrons. The van der Waals surface area contributed by atoms with Gasteiger partial charge >= 0.3 is 0 Å². The number of hydrogen-bond donors (Lipinski definition) is 1. The molecule has 1 fully saturated rings. The molecule has 2 aromatic rings. The van der Waals surface area contributed by atoms with Crippen LogP contribution in [0, 0.1) is 0 Å². The molecule has 7 nitrogen and oxygen atoms in total. The summed E-state index contributed by atoms with van der Waals surface area (Å²) in [6, 6.07) is 1.49. The average Bonchev–Trinajstić information content (AvgIpc) is 2.89. The first-order valence-electron chi connectivity index (χ1n) is 7.02. The minimum Gasteiger partial charge on any atom is -0.336 e. The fraction of sp³-hybridized carbons (Fsp3) is 0.538. The molecule has 2 N–H and O–H groups in total. The molecule has 1 aliphatic rings. The van der Waals surface area contributed by atoms with Gasteiger partial charge in [-0.1, -0.05) is 12.1 Å². The van der Waals surface area contributed by atoms with Crippen molar-refractivity contribution in [3.63, 3.8) is 0 Å². The fourth-order valence-corrected chi connectivity index (χ4v) is 4.11. The Morgan fingerprint density at radius 1 is 1.52 bits per heavy atom. The lowest BCUT2D eigenvalue weighted by atomic mass is 10.1. The predicted molar refractivity (Wildman–Crippen MR) is 77.2 cm³/mol. The Labute approximate surface area is 123 Å². The number of pyridine rings is 1. The van der Waals surface area contributed by atoms with Crippen molar-refractivity contribution in [2.75, 3.05) is 13.1 Å². The Balaban J connectivity index is 2.02. The molecule has 3 heterocycles. The maximum Gasteiger partial charge on any atom is 0.258 e. The molecule has 0 radical (unpaired) electrons. The van der Waals surface area contributed by atoms with E-state index in [1.54, 1.807) is 6.07 Å². The molecule has 3 rings (SSSR count). The molecular formula is C13H18N4O3S. The van der Waals surface area contributed by atoms with Crippen molar-refractivity contribution >= 4 is 21.1 Å². The molecule has 1 unspecified atom stereocenters. The Kier molecular flexibility index (Phi) is 3.68. The van der Waals surface area contributed by atoms with Crippen LogP contribution in [-0.2, 0) is 16.4 Å². The van der Waals surface area contributed by atoms with E-state index in [-0.39, 0.29) is 10.9 Å². The van der Waals surface area contributed by atoms with Crippen LogP contribution >= 0.6 is 0 Å². The van der Waals surface area contributed by atoms with Crippen LogP contribution in [0.25, 0.3) is 11.1 Å². The van der Waals surface area contributed by atoms with Gasteiger partial charge in [0, 0.05) is 19.1 Å². The second kappa shape index (κ2) is 5.36. The van der Waals surface area contributed by atoms with Crippen molar-refractivity contribution in [1.29, 1.82) is 0 Å². The van der Waals surface area contributed by atoms with Gasteiger partial charge in [0.25, 0.3) is 5.71 Å². The summed E-state index contributed by atoms with van der Waals surface area (Å²) < 4.78 is 31.9. The van der Waals surface area contributed by atoms with Crippen LogP contribution in [-0.4, -0.2) is 42.0 Å². The first kappa shape index (κ1) is 14.4. The number of sulfonamides is 1. The van der Waals surface area contributed by atoms with Crippen molar-refractivity contribution in [3.8, 4) is 0 Å². The lowest BCUT2D eigenvalue weighted by Crippen LogP contribution is -2.45. The van der Waals surface area contributed by atoms with Crippen molar-refractivity contribution in [2.45, 2.75) is 37.1 Å². The largest absolute Gasteiger partial charge is 0.336 e. The molecule has 0 aromatic carbocycles. The number of nitrogens with zero attached hydrogens (tertiary/aromatic N) is 3. The SMILES string of the molecule is CCc1noc2ncc(S(=O)(=O)N3CCCC(N)C3)cc12. The summed E-state index contributed by atoms with van der Waals surface area (Å²) in [4.78, 5) is 4.23. The van der Waals surface area contributed by atoms with Crippen molar-refractivity contribution in [3.05, 3.63) is 18.0 Å². The molecule has 2 aromatic heterocycles. The maximum absolute atomic E-state index is 12.7. The fourth-order valence-electron chi connectivity index (χ4n) is 2.60. The van der Waals surface area contributed by atoms with Gasteiger partial charge < -0.3 is 10.3 Å². The summed E-state index contributed by atoms with van der Waals surface area (Å²) >= 11 is 0. The van der Waals surface area contributed by atoms with Crippen LogP contribution in [0.1, 0.15) is 25.5 Å². The molecule has 0 bridgehead atoms. The number of aryl methyl sites for hydroxylation is 1. The quantitative estimate of drug-likeness (QED) is 0.903. The second-order valence-corrected chi connectivity index (χ2v) is 7.21. The third-order valence-corrected chi connectivity index (χ3v) is 5.60. The second-order valence-electron chi connectivity index (χ2n) is 5.27. The van der Waals surface area contributed by atoms with E-state index < -0.39 is 10.0 Å². The first-order chi connectivity index (χ1) is 10.0. The van der Waals surface area contributed by atoms with E-state index in [0.717, 1.165) is 12.8 Å². The predicted octanol–water partition coefficient (Wildman–Crippen LogP) is 0.897.